The summed E-state index contributed by atoms with van der Waals surface area (Å²) in [4.78, 5) is 6.38. The Labute approximate surface area is 83.3 Å². The fraction of sp³-hybridized carbons (Fsp3) is 0.778. The summed E-state index contributed by atoms with van der Waals surface area (Å²) in [5.41, 5.74) is 5.82. The molecule has 1 aromatic heterocycles. The summed E-state index contributed by atoms with van der Waals surface area (Å²) < 4.78 is 4.73. The first-order valence-electron chi connectivity index (χ1n) is 5.03. The second kappa shape index (κ2) is 3.67. The lowest BCUT2D eigenvalue weighted by Crippen LogP contribution is -2.40. The molecule has 2 N–H and O–H groups in total. The molecule has 78 valence electrons. The third-order valence-corrected chi connectivity index (χ3v) is 2.73. The number of nitrogens with two attached hydrogens (primary N) is 1. The average Bonchev–Trinajstić information content (AvgIpc) is 2.75. The zero-order valence-electron chi connectivity index (χ0n) is 8.44. The first kappa shape index (κ1) is 9.61. The highest BCUT2D eigenvalue weighted by Crippen LogP contribution is 2.26. The van der Waals surface area contributed by atoms with Crippen LogP contribution in [0, 0.1) is 0 Å². The Balaban J connectivity index is 2.06. The van der Waals surface area contributed by atoms with Gasteiger partial charge in [0, 0.05) is 13.1 Å². The van der Waals surface area contributed by atoms with Gasteiger partial charge in [0.2, 0.25) is 6.39 Å². The van der Waals surface area contributed by atoms with Crippen LogP contribution in [-0.4, -0.2) is 34.7 Å². The van der Waals surface area contributed by atoms with Crippen molar-refractivity contribution in [1.82, 2.24) is 15.0 Å². The standard InChI is InChI=1S/C9H16N4O/c1-2-4-13-5-3-9(10,6-13)8-11-7-14-12-8/h7H,2-6,10H2,1H3. The lowest BCUT2D eigenvalue weighted by molar-refractivity contribution is 0.302. The number of rotatable bonds is 3. The topological polar surface area (TPSA) is 68.2 Å². The van der Waals surface area contributed by atoms with Gasteiger partial charge in [-0.1, -0.05) is 12.1 Å². The molecule has 0 aromatic carbocycles. The summed E-state index contributed by atoms with van der Waals surface area (Å²) >= 11 is 0. The Bertz CT molecular complexity index is 287. The van der Waals surface area contributed by atoms with Crippen molar-refractivity contribution in [3.8, 4) is 0 Å². The maximum absolute atomic E-state index is 6.22. The van der Waals surface area contributed by atoms with Gasteiger partial charge >= 0.3 is 0 Å². The molecule has 5 nitrogen and oxygen atoms in total. The molecule has 0 radical (unpaired) electrons. The van der Waals surface area contributed by atoms with Crippen molar-refractivity contribution in [3.05, 3.63) is 12.2 Å². The van der Waals surface area contributed by atoms with Crippen LogP contribution in [0.15, 0.2) is 10.9 Å². The van der Waals surface area contributed by atoms with E-state index in [9.17, 15) is 0 Å². The number of likely N-dealkylation sites (tertiary alicyclic amines) is 1. The summed E-state index contributed by atoms with van der Waals surface area (Å²) in [7, 11) is 0. The molecule has 1 saturated heterocycles. The molecule has 0 aliphatic carbocycles. The predicted octanol–water partition coefficient (Wildman–Crippen LogP) is 0.339. The number of hydrogen-bond acceptors (Lipinski definition) is 5. The second-order valence-electron chi connectivity index (χ2n) is 3.94. The molecule has 1 aliphatic heterocycles. The minimum Gasteiger partial charge on any atom is -0.343 e. The van der Waals surface area contributed by atoms with E-state index in [-0.39, 0.29) is 0 Å². The van der Waals surface area contributed by atoms with E-state index in [4.69, 9.17) is 10.3 Å². The van der Waals surface area contributed by atoms with Crippen molar-refractivity contribution >= 4 is 0 Å². The molecule has 1 aliphatic rings. The fourth-order valence-corrected chi connectivity index (χ4v) is 1.99. The van der Waals surface area contributed by atoms with Crippen molar-refractivity contribution in [2.45, 2.75) is 25.3 Å². The summed E-state index contributed by atoms with van der Waals surface area (Å²) in [6, 6.07) is 0. The van der Waals surface area contributed by atoms with E-state index >= 15 is 0 Å². The number of aromatic nitrogens is 2. The molecule has 14 heavy (non-hydrogen) atoms. The molecule has 0 amide bonds. The van der Waals surface area contributed by atoms with Crippen LogP contribution in [0.25, 0.3) is 0 Å². The minimum absolute atomic E-state index is 0.401. The molecule has 1 unspecified atom stereocenters. The van der Waals surface area contributed by atoms with Gasteiger partial charge in [-0.05, 0) is 19.4 Å². The van der Waals surface area contributed by atoms with Crippen molar-refractivity contribution in [2.24, 2.45) is 5.73 Å². The molecule has 2 heterocycles. The van der Waals surface area contributed by atoms with Gasteiger partial charge in [-0.3, -0.25) is 0 Å². The van der Waals surface area contributed by atoms with E-state index in [0.717, 1.165) is 32.5 Å². The normalized spacial score (nSPS) is 28.4. The molecule has 0 spiro atoms. The first-order valence-corrected chi connectivity index (χ1v) is 5.03. The maximum Gasteiger partial charge on any atom is 0.213 e. The smallest absolute Gasteiger partial charge is 0.213 e. The van der Waals surface area contributed by atoms with E-state index < -0.39 is 5.54 Å². The maximum atomic E-state index is 6.22. The van der Waals surface area contributed by atoms with Crippen LogP contribution in [0.3, 0.4) is 0 Å². The molecule has 1 fully saturated rings. The van der Waals surface area contributed by atoms with Gasteiger partial charge in [-0.2, -0.15) is 4.98 Å². The molecule has 5 heteroatoms. The molecule has 0 bridgehead atoms. The third kappa shape index (κ3) is 1.65. The molecule has 0 saturated carbocycles. The van der Waals surface area contributed by atoms with Crippen LogP contribution in [0.4, 0.5) is 0 Å². The Hall–Kier alpha value is -0.940. The van der Waals surface area contributed by atoms with E-state index in [1.54, 1.807) is 0 Å². The molecule has 2 rings (SSSR count). The molecular weight excluding hydrogens is 180 g/mol. The van der Waals surface area contributed by atoms with Gasteiger partial charge in [0.25, 0.3) is 0 Å². The van der Waals surface area contributed by atoms with Crippen LogP contribution < -0.4 is 5.73 Å². The van der Waals surface area contributed by atoms with Crippen LogP contribution in [0.5, 0.6) is 0 Å². The highest BCUT2D eigenvalue weighted by Gasteiger charge is 2.38. The van der Waals surface area contributed by atoms with Gasteiger partial charge in [0.05, 0.1) is 5.54 Å². The lowest BCUT2D eigenvalue weighted by atomic mass is 10.00. The average molecular weight is 196 g/mol. The highest BCUT2D eigenvalue weighted by molar-refractivity contribution is 5.07. The zero-order chi connectivity index (χ0) is 10.0. The predicted molar refractivity (Wildman–Crippen MR) is 51.5 cm³/mol. The Morgan fingerprint density at radius 3 is 3.21 bits per heavy atom. The van der Waals surface area contributed by atoms with Crippen molar-refractivity contribution in [3.63, 3.8) is 0 Å². The molecule has 1 aromatic rings. The van der Waals surface area contributed by atoms with E-state index in [0.29, 0.717) is 5.82 Å². The quantitative estimate of drug-likeness (QED) is 0.755. The Kier molecular flexibility index (Phi) is 2.52. The Morgan fingerprint density at radius 1 is 1.71 bits per heavy atom. The molecular formula is C9H16N4O. The minimum atomic E-state index is -0.401. The van der Waals surface area contributed by atoms with Gasteiger partial charge < -0.3 is 15.2 Å². The van der Waals surface area contributed by atoms with Crippen LogP contribution in [-0.2, 0) is 5.54 Å². The molecule has 1 atom stereocenters. The van der Waals surface area contributed by atoms with E-state index in [1.807, 2.05) is 0 Å². The Morgan fingerprint density at radius 2 is 2.57 bits per heavy atom. The van der Waals surface area contributed by atoms with E-state index in [1.165, 1.54) is 6.39 Å². The van der Waals surface area contributed by atoms with Crippen LogP contribution in [0.1, 0.15) is 25.6 Å². The summed E-state index contributed by atoms with van der Waals surface area (Å²) in [6.07, 6.45) is 3.40. The zero-order valence-corrected chi connectivity index (χ0v) is 8.44. The summed E-state index contributed by atoms with van der Waals surface area (Å²) in [5.74, 6) is 0.635. The second-order valence-corrected chi connectivity index (χ2v) is 3.94. The highest BCUT2D eigenvalue weighted by atomic mass is 16.5. The monoisotopic (exact) mass is 196 g/mol. The van der Waals surface area contributed by atoms with Gasteiger partial charge in [-0.15, -0.1) is 0 Å². The van der Waals surface area contributed by atoms with Crippen molar-refractivity contribution < 1.29 is 4.52 Å². The van der Waals surface area contributed by atoms with Gasteiger partial charge in [-0.25, -0.2) is 0 Å². The van der Waals surface area contributed by atoms with Crippen molar-refractivity contribution in [2.75, 3.05) is 19.6 Å². The van der Waals surface area contributed by atoms with Crippen LogP contribution >= 0.6 is 0 Å². The van der Waals surface area contributed by atoms with Crippen molar-refractivity contribution in [1.29, 1.82) is 0 Å². The first-order chi connectivity index (χ1) is 6.74. The van der Waals surface area contributed by atoms with E-state index in [2.05, 4.69) is 22.0 Å². The van der Waals surface area contributed by atoms with Gasteiger partial charge in [0.1, 0.15) is 0 Å². The summed E-state index contributed by atoms with van der Waals surface area (Å²) in [5, 5.41) is 3.83. The fourth-order valence-electron chi connectivity index (χ4n) is 1.99. The van der Waals surface area contributed by atoms with Gasteiger partial charge in [0.15, 0.2) is 5.82 Å². The number of nitrogens with zero attached hydrogens (tertiary/aromatic N) is 3. The SMILES string of the molecule is CCCN1CCC(N)(c2ncon2)C1. The number of hydrogen-bond donors (Lipinski definition) is 1. The third-order valence-electron chi connectivity index (χ3n) is 2.73. The largest absolute Gasteiger partial charge is 0.343 e. The lowest BCUT2D eigenvalue weighted by Gasteiger charge is -2.20. The summed E-state index contributed by atoms with van der Waals surface area (Å²) in [6.45, 7) is 5.13. The van der Waals surface area contributed by atoms with Crippen LogP contribution in [0.2, 0.25) is 0 Å².